The molecule has 0 aliphatic heterocycles. The molecule has 5 heteroatoms. The highest BCUT2D eigenvalue weighted by Gasteiger charge is 2.08. The van der Waals surface area contributed by atoms with Gasteiger partial charge in [-0.2, -0.15) is 0 Å². The van der Waals surface area contributed by atoms with Gasteiger partial charge in [-0.1, -0.05) is 6.07 Å². The first-order chi connectivity index (χ1) is 7.97. The molecule has 17 heavy (non-hydrogen) atoms. The Morgan fingerprint density at radius 2 is 2.29 bits per heavy atom. The molecule has 0 bridgehead atoms. The number of benzene rings is 1. The van der Waals surface area contributed by atoms with Crippen LogP contribution in [0.15, 0.2) is 24.3 Å². The van der Waals surface area contributed by atoms with Crippen LogP contribution in [0, 0.1) is 3.57 Å². The van der Waals surface area contributed by atoms with Crippen LogP contribution in [0.3, 0.4) is 0 Å². The molecular weight excluding hydrogens is 331 g/mol. The van der Waals surface area contributed by atoms with Gasteiger partial charge in [0.25, 0.3) is 0 Å². The molecule has 0 radical (unpaired) electrons. The van der Waals surface area contributed by atoms with Gasteiger partial charge in [0.15, 0.2) is 0 Å². The van der Waals surface area contributed by atoms with Crippen LogP contribution in [0.1, 0.15) is 6.92 Å². The average Bonchev–Trinajstić information content (AvgIpc) is 2.14. The van der Waals surface area contributed by atoms with E-state index in [1.165, 1.54) is 0 Å². The SMILES string of the molecule is CC(O)CN(C)CC(=O)Nc1cccc(I)c1. The zero-order valence-electron chi connectivity index (χ0n) is 9.98. The Morgan fingerprint density at radius 3 is 2.88 bits per heavy atom. The van der Waals surface area contributed by atoms with Gasteiger partial charge in [-0.15, -0.1) is 0 Å². The van der Waals surface area contributed by atoms with E-state index in [0.29, 0.717) is 6.54 Å². The maximum absolute atomic E-state index is 11.7. The van der Waals surface area contributed by atoms with E-state index in [4.69, 9.17) is 0 Å². The third-order valence-electron chi connectivity index (χ3n) is 2.10. The van der Waals surface area contributed by atoms with Gasteiger partial charge in [-0.25, -0.2) is 0 Å². The second-order valence-corrected chi connectivity index (χ2v) is 5.35. The van der Waals surface area contributed by atoms with E-state index in [1.54, 1.807) is 18.9 Å². The molecule has 1 rings (SSSR count). The van der Waals surface area contributed by atoms with Crippen LogP contribution in [0.4, 0.5) is 5.69 Å². The highest BCUT2D eigenvalue weighted by Crippen LogP contribution is 2.12. The molecule has 0 heterocycles. The zero-order chi connectivity index (χ0) is 12.8. The number of carbonyl (C=O) groups excluding carboxylic acids is 1. The number of hydrogen-bond acceptors (Lipinski definition) is 3. The lowest BCUT2D eigenvalue weighted by molar-refractivity contribution is -0.117. The number of nitrogens with one attached hydrogen (secondary N) is 1. The Hall–Kier alpha value is -0.660. The first-order valence-electron chi connectivity index (χ1n) is 5.39. The topological polar surface area (TPSA) is 52.6 Å². The summed E-state index contributed by atoms with van der Waals surface area (Å²) in [7, 11) is 1.81. The molecule has 1 atom stereocenters. The highest BCUT2D eigenvalue weighted by molar-refractivity contribution is 14.1. The summed E-state index contributed by atoms with van der Waals surface area (Å²) in [5.41, 5.74) is 0.798. The molecule has 0 fully saturated rings. The Morgan fingerprint density at radius 1 is 1.59 bits per heavy atom. The molecule has 94 valence electrons. The van der Waals surface area contributed by atoms with Crippen LogP contribution in [0.2, 0.25) is 0 Å². The van der Waals surface area contributed by atoms with Crippen LogP contribution < -0.4 is 5.32 Å². The van der Waals surface area contributed by atoms with E-state index in [0.717, 1.165) is 9.26 Å². The van der Waals surface area contributed by atoms with Crippen LogP contribution >= 0.6 is 22.6 Å². The molecule has 0 saturated heterocycles. The predicted molar refractivity (Wildman–Crippen MR) is 77.0 cm³/mol. The number of aliphatic hydroxyl groups excluding tert-OH is 1. The summed E-state index contributed by atoms with van der Waals surface area (Å²) >= 11 is 2.20. The van der Waals surface area contributed by atoms with Crippen molar-refractivity contribution in [3.05, 3.63) is 27.8 Å². The van der Waals surface area contributed by atoms with Gasteiger partial charge in [0.05, 0.1) is 12.6 Å². The van der Waals surface area contributed by atoms with Crippen molar-refractivity contribution in [3.8, 4) is 0 Å². The minimum absolute atomic E-state index is 0.0739. The molecule has 1 aromatic carbocycles. The number of hydrogen-bond donors (Lipinski definition) is 2. The highest BCUT2D eigenvalue weighted by atomic mass is 127. The fourth-order valence-corrected chi connectivity index (χ4v) is 2.07. The summed E-state index contributed by atoms with van der Waals surface area (Å²) in [5.74, 6) is -0.0739. The van der Waals surface area contributed by atoms with E-state index in [1.807, 2.05) is 24.3 Å². The maximum Gasteiger partial charge on any atom is 0.238 e. The summed E-state index contributed by atoms with van der Waals surface area (Å²) in [4.78, 5) is 13.5. The minimum Gasteiger partial charge on any atom is -0.392 e. The summed E-state index contributed by atoms with van der Waals surface area (Å²) in [6.07, 6.45) is -0.425. The zero-order valence-corrected chi connectivity index (χ0v) is 12.1. The Labute approximate surface area is 115 Å². The lowest BCUT2D eigenvalue weighted by Gasteiger charge is -2.17. The molecule has 4 nitrogen and oxygen atoms in total. The number of aliphatic hydroxyl groups is 1. The molecule has 1 unspecified atom stereocenters. The van der Waals surface area contributed by atoms with Crippen molar-refractivity contribution in [3.63, 3.8) is 0 Å². The number of amides is 1. The predicted octanol–water partition coefficient (Wildman–Crippen LogP) is 1.54. The van der Waals surface area contributed by atoms with Crippen molar-refractivity contribution < 1.29 is 9.90 Å². The molecule has 1 aromatic rings. The summed E-state index contributed by atoms with van der Waals surface area (Å²) in [6.45, 7) is 2.46. The van der Waals surface area contributed by atoms with Crippen LogP contribution in [0.25, 0.3) is 0 Å². The normalized spacial score (nSPS) is 12.5. The van der Waals surface area contributed by atoms with Gasteiger partial charge in [0, 0.05) is 15.8 Å². The minimum atomic E-state index is -0.425. The van der Waals surface area contributed by atoms with Crippen molar-refractivity contribution >= 4 is 34.2 Å². The number of halogens is 1. The summed E-state index contributed by atoms with van der Waals surface area (Å²) < 4.78 is 1.08. The third-order valence-corrected chi connectivity index (χ3v) is 2.77. The van der Waals surface area contributed by atoms with Crippen molar-refractivity contribution in [2.45, 2.75) is 13.0 Å². The number of rotatable bonds is 5. The van der Waals surface area contributed by atoms with E-state index < -0.39 is 6.10 Å². The van der Waals surface area contributed by atoms with E-state index in [2.05, 4.69) is 27.9 Å². The Balaban J connectivity index is 2.44. The van der Waals surface area contributed by atoms with Crippen molar-refractivity contribution in [2.24, 2.45) is 0 Å². The molecule has 0 spiro atoms. The third kappa shape index (κ3) is 5.99. The first-order valence-corrected chi connectivity index (χ1v) is 6.47. The molecule has 2 N–H and O–H groups in total. The standard InChI is InChI=1S/C12H17IN2O2/c1-9(16)7-15(2)8-12(17)14-11-5-3-4-10(13)6-11/h3-6,9,16H,7-8H2,1-2H3,(H,14,17). The average molecular weight is 348 g/mol. The van der Waals surface area contributed by atoms with Gasteiger partial charge in [0.2, 0.25) is 5.91 Å². The number of likely N-dealkylation sites (N-methyl/N-ethyl adjacent to an activating group) is 1. The fraction of sp³-hybridized carbons (Fsp3) is 0.417. The van der Waals surface area contributed by atoms with Gasteiger partial charge in [-0.05, 0) is 54.8 Å². The molecule has 0 aliphatic rings. The van der Waals surface area contributed by atoms with E-state index >= 15 is 0 Å². The Bertz CT molecular complexity index is 383. The molecule has 0 aromatic heterocycles. The molecule has 0 saturated carbocycles. The monoisotopic (exact) mass is 348 g/mol. The van der Waals surface area contributed by atoms with E-state index in [-0.39, 0.29) is 12.5 Å². The summed E-state index contributed by atoms with van der Waals surface area (Å²) in [5, 5.41) is 12.0. The van der Waals surface area contributed by atoms with Crippen LogP contribution in [0.5, 0.6) is 0 Å². The van der Waals surface area contributed by atoms with Crippen molar-refractivity contribution in [1.29, 1.82) is 0 Å². The number of anilines is 1. The molecule has 1 amide bonds. The quantitative estimate of drug-likeness (QED) is 0.794. The van der Waals surface area contributed by atoms with Gasteiger partial charge in [0.1, 0.15) is 0 Å². The Kier molecular flexibility index (Phi) is 5.87. The lowest BCUT2D eigenvalue weighted by Crippen LogP contribution is -2.34. The fourth-order valence-electron chi connectivity index (χ4n) is 1.53. The largest absolute Gasteiger partial charge is 0.392 e. The second-order valence-electron chi connectivity index (χ2n) is 4.10. The van der Waals surface area contributed by atoms with Gasteiger partial charge in [-0.3, -0.25) is 9.69 Å². The van der Waals surface area contributed by atoms with Gasteiger partial charge >= 0.3 is 0 Å². The number of carbonyl (C=O) groups is 1. The molecular formula is C12H17IN2O2. The van der Waals surface area contributed by atoms with Crippen molar-refractivity contribution in [2.75, 3.05) is 25.5 Å². The molecule has 0 aliphatic carbocycles. The first kappa shape index (κ1) is 14.4. The van der Waals surface area contributed by atoms with Crippen LogP contribution in [-0.4, -0.2) is 42.2 Å². The maximum atomic E-state index is 11.7. The van der Waals surface area contributed by atoms with Gasteiger partial charge < -0.3 is 10.4 Å². The van der Waals surface area contributed by atoms with E-state index in [9.17, 15) is 9.90 Å². The van der Waals surface area contributed by atoms with Crippen molar-refractivity contribution in [1.82, 2.24) is 4.90 Å². The lowest BCUT2D eigenvalue weighted by atomic mass is 10.3. The smallest absolute Gasteiger partial charge is 0.238 e. The second kappa shape index (κ2) is 6.93. The summed E-state index contributed by atoms with van der Waals surface area (Å²) in [6, 6.07) is 7.63. The van der Waals surface area contributed by atoms with Crippen LogP contribution in [-0.2, 0) is 4.79 Å². The number of nitrogens with zero attached hydrogens (tertiary/aromatic N) is 1.